The maximum Gasteiger partial charge on any atom is 0.220 e. The normalized spacial score (nSPS) is 10.6. The molecule has 0 spiro atoms. The van der Waals surface area contributed by atoms with Gasteiger partial charge in [0, 0.05) is 11.8 Å². The zero-order valence-corrected chi connectivity index (χ0v) is 10.1. The minimum atomic E-state index is -0.611. The van der Waals surface area contributed by atoms with Gasteiger partial charge < -0.3 is 5.11 Å². The highest BCUT2D eigenvalue weighted by molar-refractivity contribution is 6.42. The first kappa shape index (κ1) is 12.3. The summed E-state index contributed by atoms with van der Waals surface area (Å²) in [6.07, 6.45) is 1.29. The van der Waals surface area contributed by atoms with Gasteiger partial charge in [0.1, 0.15) is 0 Å². The summed E-state index contributed by atoms with van der Waals surface area (Å²) in [5.41, 5.74) is 1.39. The maximum atomic E-state index is 13.6. The third kappa shape index (κ3) is 2.57. The predicted octanol–water partition coefficient (Wildman–Crippen LogP) is 3.69. The third-order valence-corrected chi connectivity index (χ3v) is 3.05. The van der Waals surface area contributed by atoms with Gasteiger partial charge in [-0.05, 0) is 29.3 Å². The fourth-order valence-electron chi connectivity index (χ4n) is 1.44. The van der Waals surface area contributed by atoms with Gasteiger partial charge in [0.15, 0.2) is 0 Å². The van der Waals surface area contributed by atoms with Crippen molar-refractivity contribution >= 4 is 23.2 Å². The van der Waals surface area contributed by atoms with Crippen molar-refractivity contribution in [2.75, 3.05) is 0 Å². The molecule has 0 aliphatic carbocycles. The molecule has 0 aliphatic heterocycles. The molecule has 1 aromatic heterocycles. The first-order chi connectivity index (χ1) is 8.11. The number of rotatable bonds is 2. The van der Waals surface area contributed by atoms with Crippen LogP contribution in [-0.4, -0.2) is 10.1 Å². The Hall–Kier alpha value is -1.16. The molecule has 0 amide bonds. The molecule has 88 valence electrons. The number of nitrogens with zero attached hydrogens (tertiary/aromatic N) is 1. The van der Waals surface area contributed by atoms with Crippen molar-refractivity contribution in [2.24, 2.45) is 0 Å². The van der Waals surface area contributed by atoms with E-state index in [0.29, 0.717) is 21.2 Å². The fraction of sp³-hybridized carbons (Fsp3) is 0.0833. The second-order valence-corrected chi connectivity index (χ2v) is 4.28. The largest absolute Gasteiger partial charge is 0.392 e. The van der Waals surface area contributed by atoms with Crippen molar-refractivity contribution in [3.63, 3.8) is 0 Å². The highest BCUT2D eigenvalue weighted by atomic mass is 35.5. The molecule has 0 bridgehead atoms. The number of hydrogen-bond acceptors (Lipinski definition) is 2. The summed E-state index contributed by atoms with van der Waals surface area (Å²) in [6.45, 7) is -0.193. The lowest BCUT2D eigenvalue weighted by Crippen LogP contribution is -1.93. The van der Waals surface area contributed by atoms with Gasteiger partial charge in [0.25, 0.3) is 0 Å². The van der Waals surface area contributed by atoms with Crippen molar-refractivity contribution in [2.45, 2.75) is 6.61 Å². The Bertz CT molecular complexity index is 560. The smallest absolute Gasteiger partial charge is 0.220 e. The summed E-state index contributed by atoms with van der Waals surface area (Å²) in [4.78, 5) is 3.58. The van der Waals surface area contributed by atoms with Gasteiger partial charge in [-0.1, -0.05) is 29.3 Å². The van der Waals surface area contributed by atoms with Crippen LogP contribution in [0.3, 0.4) is 0 Å². The van der Waals surface area contributed by atoms with E-state index >= 15 is 0 Å². The van der Waals surface area contributed by atoms with Crippen LogP contribution in [-0.2, 0) is 6.61 Å². The number of aliphatic hydroxyl groups is 1. The van der Waals surface area contributed by atoms with Gasteiger partial charge in [-0.15, -0.1) is 0 Å². The van der Waals surface area contributed by atoms with E-state index in [0.717, 1.165) is 0 Å². The molecule has 0 fully saturated rings. The Morgan fingerprint density at radius 1 is 1.18 bits per heavy atom. The van der Waals surface area contributed by atoms with E-state index in [1.807, 2.05) is 0 Å². The van der Waals surface area contributed by atoms with Crippen LogP contribution in [0.4, 0.5) is 4.39 Å². The number of benzene rings is 1. The van der Waals surface area contributed by atoms with E-state index in [1.54, 1.807) is 18.2 Å². The Kier molecular flexibility index (Phi) is 3.62. The van der Waals surface area contributed by atoms with Crippen LogP contribution < -0.4 is 0 Å². The number of halogens is 3. The molecular weight excluding hydrogens is 264 g/mol. The maximum absolute atomic E-state index is 13.6. The van der Waals surface area contributed by atoms with Gasteiger partial charge in [-0.2, -0.15) is 4.39 Å². The lowest BCUT2D eigenvalue weighted by molar-refractivity contribution is 0.281. The zero-order valence-electron chi connectivity index (χ0n) is 8.62. The van der Waals surface area contributed by atoms with Gasteiger partial charge in [0.2, 0.25) is 5.95 Å². The molecule has 0 atom stereocenters. The van der Waals surface area contributed by atoms with E-state index < -0.39 is 5.95 Å². The van der Waals surface area contributed by atoms with Crippen LogP contribution >= 0.6 is 23.2 Å². The van der Waals surface area contributed by atoms with Crippen molar-refractivity contribution in [3.8, 4) is 11.1 Å². The Morgan fingerprint density at radius 2 is 1.94 bits per heavy atom. The second kappa shape index (κ2) is 5.00. The third-order valence-electron chi connectivity index (χ3n) is 2.31. The molecular formula is C12H8Cl2FNO. The lowest BCUT2D eigenvalue weighted by Gasteiger charge is -2.06. The van der Waals surface area contributed by atoms with Crippen LogP contribution in [0.15, 0.2) is 30.5 Å². The summed E-state index contributed by atoms with van der Waals surface area (Å²) in [7, 11) is 0. The zero-order chi connectivity index (χ0) is 12.4. The van der Waals surface area contributed by atoms with Gasteiger partial charge in [0.05, 0.1) is 16.7 Å². The highest BCUT2D eigenvalue weighted by Crippen LogP contribution is 2.29. The van der Waals surface area contributed by atoms with Gasteiger partial charge >= 0.3 is 0 Å². The number of aliphatic hydroxyl groups excluding tert-OH is 1. The first-order valence-corrected chi connectivity index (χ1v) is 5.58. The van der Waals surface area contributed by atoms with Crippen LogP contribution in [0.25, 0.3) is 11.1 Å². The Labute approximate surface area is 108 Å². The summed E-state index contributed by atoms with van der Waals surface area (Å²) in [5, 5.41) is 9.74. The van der Waals surface area contributed by atoms with E-state index in [2.05, 4.69) is 4.98 Å². The van der Waals surface area contributed by atoms with Gasteiger partial charge in [-0.3, -0.25) is 0 Å². The second-order valence-electron chi connectivity index (χ2n) is 3.47. The van der Waals surface area contributed by atoms with E-state index in [1.165, 1.54) is 12.3 Å². The van der Waals surface area contributed by atoms with Crippen molar-refractivity contribution in [3.05, 3.63) is 52.0 Å². The molecule has 0 radical (unpaired) electrons. The van der Waals surface area contributed by atoms with Crippen LogP contribution in [0.1, 0.15) is 5.56 Å². The molecule has 5 heteroatoms. The van der Waals surface area contributed by atoms with Crippen molar-refractivity contribution in [1.82, 2.24) is 4.98 Å². The molecule has 2 rings (SSSR count). The average molecular weight is 272 g/mol. The van der Waals surface area contributed by atoms with Crippen molar-refractivity contribution in [1.29, 1.82) is 0 Å². The Balaban J connectivity index is 2.55. The van der Waals surface area contributed by atoms with E-state index in [-0.39, 0.29) is 12.2 Å². The molecule has 0 aliphatic rings. The standard InChI is InChI=1S/C12H8Cl2FNO/c13-10-2-1-8(4-11(10)14)9-3-7(6-17)5-16-12(9)15/h1-5,17H,6H2. The summed E-state index contributed by atoms with van der Waals surface area (Å²) < 4.78 is 13.6. The molecule has 0 unspecified atom stereocenters. The summed E-state index contributed by atoms with van der Waals surface area (Å²) in [6, 6.07) is 6.33. The number of pyridine rings is 1. The van der Waals surface area contributed by atoms with Crippen LogP contribution in [0, 0.1) is 5.95 Å². The molecule has 17 heavy (non-hydrogen) atoms. The first-order valence-electron chi connectivity index (χ1n) is 4.82. The lowest BCUT2D eigenvalue weighted by atomic mass is 10.1. The molecule has 1 heterocycles. The molecule has 1 aromatic carbocycles. The summed E-state index contributed by atoms with van der Waals surface area (Å²) >= 11 is 11.7. The topological polar surface area (TPSA) is 33.1 Å². The minimum Gasteiger partial charge on any atom is -0.392 e. The monoisotopic (exact) mass is 271 g/mol. The average Bonchev–Trinajstić information content (AvgIpc) is 2.33. The molecule has 2 aromatic rings. The van der Waals surface area contributed by atoms with E-state index in [9.17, 15) is 4.39 Å². The minimum absolute atomic E-state index is 0.193. The van der Waals surface area contributed by atoms with Crippen LogP contribution in [0.5, 0.6) is 0 Å². The molecule has 0 saturated heterocycles. The van der Waals surface area contributed by atoms with Crippen molar-refractivity contribution < 1.29 is 9.50 Å². The van der Waals surface area contributed by atoms with E-state index in [4.69, 9.17) is 28.3 Å². The number of hydrogen-bond donors (Lipinski definition) is 1. The predicted molar refractivity (Wildman–Crippen MR) is 65.6 cm³/mol. The SMILES string of the molecule is OCc1cnc(F)c(-c2ccc(Cl)c(Cl)c2)c1. The highest BCUT2D eigenvalue weighted by Gasteiger charge is 2.09. The molecule has 1 N–H and O–H groups in total. The fourth-order valence-corrected chi connectivity index (χ4v) is 1.74. The van der Waals surface area contributed by atoms with Crippen LogP contribution in [0.2, 0.25) is 10.0 Å². The molecule has 0 saturated carbocycles. The quantitative estimate of drug-likeness (QED) is 0.846. The van der Waals surface area contributed by atoms with Gasteiger partial charge in [-0.25, -0.2) is 4.98 Å². The summed E-state index contributed by atoms with van der Waals surface area (Å²) in [5.74, 6) is -0.611. The molecule has 2 nitrogen and oxygen atoms in total. The number of aromatic nitrogens is 1. The Morgan fingerprint density at radius 3 is 2.59 bits per heavy atom.